The van der Waals surface area contributed by atoms with Gasteiger partial charge in [0.05, 0.1) is 12.1 Å². The van der Waals surface area contributed by atoms with E-state index >= 15 is 0 Å². The molecule has 150 valence electrons. The van der Waals surface area contributed by atoms with E-state index in [0.717, 1.165) is 22.4 Å². The minimum atomic E-state index is -0.822. The van der Waals surface area contributed by atoms with Crippen LogP contribution in [-0.4, -0.2) is 35.3 Å². The number of nitrogens with zero attached hydrogens (tertiary/aromatic N) is 2. The summed E-state index contributed by atoms with van der Waals surface area (Å²) in [5.41, 5.74) is 4.07. The average Bonchev–Trinajstić information content (AvgIpc) is 3.00. The topological polar surface area (TPSA) is 69.7 Å². The first-order valence-electron chi connectivity index (χ1n) is 10.0. The quantitative estimate of drug-likeness (QED) is 0.814. The van der Waals surface area contributed by atoms with Gasteiger partial charge in [-0.05, 0) is 41.2 Å². The van der Waals surface area contributed by atoms with E-state index in [4.69, 9.17) is 0 Å². The van der Waals surface area contributed by atoms with Crippen molar-refractivity contribution in [2.24, 2.45) is 0 Å². The maximum atomic E-state index is 12.8. The lowest BCUT2D eigenvalue weighted by atomic mass is 9.99. The molecule has 4 rings (SSSR count). The maximum Gasteiger partial charge on any atom is 0.329 e. The largest absolute Gasteiger partial charge is 0.338 e. The molecule has 0 unspecified atom stereocenters. The van der Waals surface area contributed by atoms with Gasteiger partial charge in [-0.1, -0.05) is 50.2 Å². The predicted molar refractivity (Wildman–Crippen MR) is 111 cm³/mol. The second-order valence-corrected chi connectivity index (χ2v) is 7.96. The summed E-state index contributed by atoms with van der Waals surface area (Å²) in [4.78, 5) is 40.9. The number of imide groups is 1. The molecular weight excluding hydrogens is 366 g/mol. The molecule has 6 nitrogen and oxygen atoms in total. The summed E-state index contributed by atoms with van der Waals surface area (Å²) in [5.74, 6) is -0.125. The minimum Gasteiger partial charge on any atom is -0.338 e. The van der Waals surface area contributed by atoms with Gasteiger partial charge in [-0.25, -0.2) is 9.69 Å². The van der Waals surface area contributed by atoms with Gasteiger partial charge in [0.15, 0.2) is 0 Å². The van der Waals surface area contributed by atoms with Crippen LogP contribution in [0.5, 0.6) is 0 Å². The highest BCUT2D eigenvalue weighted by Gasteiger charge is 2.40. The molecule has 2 aliphatic heterocycles. The van der Waals surface area contributed by atoms with Gasteiger partial charge in [-0.2, -0.15) is 0 Å². The Morgan fingerprint density at radius 2 is 1.76 bits per heavy atom. The van der Waals surface area contributed by atoms with Crippen LogP contribution in [0.3, 0.4) is 0 Å². The lowest BCUT2D eigenvalue weighted by Crippen LogP contribution is -2.41. The second-order valence-electron chi connectivity index (χ2n) is 7.96. The van der Waals surface area contributed by atoms with Gasteiger partial charge < -0.3 is 10.2 Å². The summed E-state index contributed by atoms with van der Waals surface area (Å²) in [5, 5.41) is 2.67. The zero-order chi connectivity index (χ0) is 20.5. The first kappa shape index (κ1) is 19.2. The maximum absolute atomic E-state index is 12.8. The number of rotatable bonds is 4. The lowest BCUT2D eigenvalue weighted by molar-refractivity contribution is -0.134. The van der Waals surface area contributed by atoms with Gasteiger partial charge in [0.2, 0.25) is 5.91 Å². The van der Waals surface area contributed by atoms with Crippen molar-refractivity contribution in [2.45, 2.75) is 45.2 Å². The van der Waals surface area contributed by atoms with Crippen LogP contribution in [0.1, 0.15) is 42.9 Å². The number of anilines is 1. The van der Waals surface area contributed by atoms with Crippen molar-refractivity contribution >= 4 is 23.5 Å². The van der Waals surface area contributed by atoms with Crippen molar-refractivity contribution in [3.8, 4) is 0 Å². The van der Waals surface area contributed by atoms with Crippen LogP contribution in [0.2, 0.25) is 0 Å². The fourth-order valence-corrected chi connectivity index (χ4v) is 3.93. The van der Waals surface area contributed by atoms with Crippen LogP contribution in [-0.2, 0) is 22.6 Å². The number of urea groups is 1. The molecule has 4 amide bonds. The summed E-state index contributed by atoms with van der Waals surface area (Å²) >= 11 is 0. The van der Waals surface area contributed by atoms with Crippen LogP contribution in [0.25, 0.3) is 0 Å². The van der Waals surface area contributed by atoms with Crippen LogP contribution in [0, 0.1) is 0 Å². The Labute approximate surface area is 170 Å². The van der Waals surface area contributed by atoms with E-state index in [-0.39, 0.29) is 18.2 Å². The Bertz CT molecular complexity index is 952. The van der Waals surface area contributed by atoms with Crippen LogP contribution < -0.4 is 10.2 Å². The molecule has 2 heterocycles. The third kappa shape index (κ3) is 3.75. The van der Waals surface area contributed by atoms with E-state index in [1.807, 2.05) is 30.3 Å². The number of carbonyl (C=O) groups is 3. The molecule has 0 saturated carbocycles. The van der Waals surface area contributed by atoms with Crippen LogP contribution in [0.15, 0.2) is 48.5 Å². The molecule has 0 radical (unpaired) electrons. The van der Waals surface area contributed by atoms with Gasteiger partial charge in [0.25, 0.3) is 5.91 Å². The lowest BCUT2D eigenvalue weighted by Gasteiger charge is -2.29. The Balaban J connectivity index is 1.43. The molecule has 2 aromatic rings. The highest BCUT2D eigenvalue weighted by Crippen LogP contribution is 2.25. The molecular formula is C23H25N3O3. The van der Waals surface area contributed by atoms with Crippen molar-refractivity contribution in [1.29, 1.82) is 0 Å². The van der Waals surface area contributed by atoms with Gasteiger partial charge in [0, 0.05) is 13.1 Å². The van der Waals surface area contributed by atoms with E-state index in [9.17, 15) is 14.4 Å². The standard InChI is InChI=1S/C23H25N3O3/c1-15(2)16-7-9-19(10-8-16)26-22(28)20(24-23(26)29)13-21(27)25-12-11-17-5-3-4-6-18(17)14-25/h3-10,15,20H,11-14H2,1-2H3,(H,24,29)/t20-/m1/s1. The zero-order valence-corrected chi connectivity index (χ0v) is 16.7. The molecule has 1 saturated heterocycles. The summed E-state index contributed by atoms with van der Waals surface area (Å²) in [7, 11) is 0. The number of benzene rings is 2. The Morgan fingerprint density at radius 3 is 2.45 bits per heavy atom. The van der Waals surface area contributed by atoms with Crippen molar-refractivity contribution in [1.82, 2.24) is 10.2 Å². The highest BCUT2D eigenvalue weighted by molar-refractivity contribution is 6.22. The molecule has 0 spiro atoms. The minimum absolute atomic E-state index is 0.0205. The molecule has 1 fully saturated rings. The number of amides is 4. The Hall–Kier alpha value is -3.15. The molecule has 1 N–H and O–H groups in total. The number of hydrogen-bond acceptors (Lipinski definition) is 3. The Morgan fingerprint density at radius 1 is 1.07 bits per heavy atom. The smallest absolute Gasteiger partial charge is 0.329 e. The van der Waals surface area contributed by atoms with Crippen LogP contribution >= 0.6 is 0 Å². The van der Waals surface area contributed by atoms with Gasteiger partial charge in [-0.3, -0.25) is 9.59 Å². The molecule has 1 atom stereocenters. The normalized spacial score (nSPS) is 18.8. The fraction of sp³-hybridized carbons (Fsp3) is 0.348. The number of fused-ring (bicyclic) bond motifs is 1. The van der Waals surface area contributed by atoms with Crippen molar-refractivity contribution < 1.29 is 14.4 Å². The van der Waals surface area contributed by atoms with Crippen molar-refractivity contribution in [3.05, 3.63) is 65.2 Å². The van der Waals surface area contributed by atoms with E-state index in [1.165, 1.54) is 5.56 Å². The van der Waals surface area contributed by atoms with Crippen molar-refractivity contribution in [2.75, 3.05) is 11.4 Å². The molecule has 2 aromatic carbocycles. The first-order chi connectivity index (χ1) is 13.9. The molecule has 6 heteroatoms. The fourth-order valence-electron chi connectivity index (χ4n) is 3.93. The summed E-state index contributed by atoms with van der Waals surface area (Å²) in [6.07, 6.45) is 0.786. The summed E-state index contributed by atoms with van der Waals surface area (Å²) < 4.78 is 0. The molecule has 0 aromatic heterocycles. The van der Waals surface area contributed by atoms with E-state index in [1.54, 1.807) is 17.0 Å². The average molecular weight is 391 g/mol. The predicted octanol–water partition coefficient (Wildman–Crippen LogP) is 3.21. The molecule has 2 aliphatic rings. The Kier molecular flexibility index (Phi) is 5.09. The van der Waals surface area contributed by atoms with Crippen LogP contribution in [0.4, 0.5) is 10.5 Å². The highest BCUT2D eigenvalue weighted by atomic mass is 16.2. The number of hydrogen-bond donors (Lipinski definition) is 1. The van der Waals surface area contributed by atoms with E-state index < -0.39 is 12.1 Å². The molecule has 0 aliphatic carbocycles. The van der Waals surface area contributed by atoms with Gasteiger partial charge >= 0.3 is 6.03 Å². The second kappa shape index (κ2) is 7.70. The monoisotopic (exact) mass is 391 g/mol. The number of carbonyl (C=O) groups excluding carboxylic acids is 3. The van der Waals surface area contributed by atoms with E-state index in [2.05, 4.69) is 25.2 Å². The first-order valence-corrected chi connectivity index (χ1v) is 10.0. The summed E-state index contributed by atoms with van der Waals surface area (Å²) in [6.45, 7) is 5.35. The molecule has 29 heavy (non-hydrogen) atoms. The SMILES string of the molecule is CC(C)c1ccc(N2C(=O)N[C@H](CC(=O)N3CCc4ccccc4C3)C2=O)cc1. The number of nitrogens with one attached hydrogen (secondary N) is 1. The van der Waals surface area contributed by atoms with E-state index in [0.29, 0.717) is 24.7 Å². The summed E-state index contributed by atoms with van der Waals surface area (Å²) in [6, 6.07) is 14.2. The van der Waals surface area contributed by atoms with Gasteiger partial charge in [-0.15, -0.1) is 0 Å². The van der Waals surface area contributed by atoms with Gasteiger partial charge in [0.1, 0.15) is 6.04 Å². The van der Waals surface area contributed by atoms with Crippen molar-refractivity contribution in [3.63, 3.8) is 0 Å². The zero-order valence-electron chi connectivity index (χ0n) is 16.7. The third-order valence-corrected chi connectivity index (χ3v) is 5.70. The molecule has 0 bridgehead atoms. The third-order valence-electron chi connectivity index (χ3n) is 5.70.